The predicted octanol–water partition coefficient (Wildman–Crippen LogP) is 0.440. The van der Waals surface area contributed by atoms with Crippen LogP contribution >= 0.6 is 0 Å². The van der Waals surface area contributed by atoms with E-state index < -0.39 is 5.85 Å². The zero-order valence-electron chi connectivity index (χ0n) is 6.82. The van der Waals surface area contributed by atoms with Crippen LogP contribution in [0.3, 0.4) is 0 Å². The molecule has 0 aliphatic carbocycles. The van der Waals surface area contributed by atoms with Crippen molar-refractivity contribution in [3.05, 3.63) is 24.3 Å². The quantitative estimate of drug-likeness (QED) is 0.498. The third-order valence-corrected chi connectivity index (χ3v) is 1.06. The van der Waals surface area contributed by atoms with Gasteiger partial charge in [-0.1, -0.05) is 0 Å². The van der Waals surface area contributed by atoms with Crippen molar-refractivity contribution in [2.24, 2.45) is 11.5 Å². The van der Waals surface area contributed by atoms with Gasteiger partial charge in [0.2, 0.25) is 0 Å². The highest BCUT2D eigenvalue weighted by molar-refractivity contribution is 5.59. The Bertz CT molecular complexity index is 272. The van der Waals surface area contributed by atoms with Gasteiger partial charge in [0.25, 0.3) is 0 Å². The molecule has 0 spiro atoms. The van der Waals surface area contributed by atoms with Crippen LogP contribution in [-0.2, 0) is 0 Å². The number of hydrogen-bond acceptors (Lipinski definition) is 4. The molecule has 66 valence electrons. The summed E-state index contributed by atoms with van der Waals surface area (Å²) in [5, 5.41) is 8.08. The summed E-state index contributed by atoms with van der Waals surface area (Å²) >= 11 is 0. The van der Waals surface area contributed by atoms with Crippen LogP contribution in [0.4, 0.5) is 0 Å². The third-order valence-electron chi connectivity index (χ3n) is 1.06. The van der Waals surface area contributed by atoms with Gasteiger partial charge >= 0.3 is 0 Å². The lowest BCUT2D eigenvalue weighted by Gasteiger charge is -2.05. The maximum Gasteiger partial charge on any atom is 0.163 e. The van der Waals surface area contributed by atoms with E-state index >= 15 is 0 Å². The van der Waals surface area contributed by atoms with E-state index in [2.05, 4.69) is 11.5 Å². The largest absolute Gasteiger partial charge is 0.457 e. The van der Waals surface area contributed by atoms with E-state index in [1.54, 1.807) is 0 Å². The van der Waals surface area contributed by atoms with E-state index in [0.717, 1.165) is 11.2 Å². The van der Waals surface area contributed by atoms with Crippen LogP contribution in [0.25, 0.3) is 11.2 Å². The Kier molecular flexibility index (Phi) is 2.32. The number of nitrogens with two attached hydrogens (primary N) is 2. The average Bonchev–Trinajstić information content (AvgIpc) is 2.42. The lowest BCUT2D eigenvalue weighted by Crippen LogP contribution is -2.45. The molecular formula is C8H12N2O2. The fourth-order valence-electron chi connectivity index (χ4n) is 0.712. The molecule has 0 atom stereocenters. The van der Waals surface area contributed by atoms with Gasteiger partial charge in [0.05, 0.1) is 0 Å². The molecule has 2 aromatic heterocycles. The second kappa shape index (κ2) is 3.10. The molecule has 4 heteroatoms. The van der Waals surface area contributed by atoms with Crippen molar-refractivity contribution in [1.29, 1.82) is 0 Å². The number of hydrogen-bond donors (Lipinski definition) is 3. The highest BCUT2D eigenvalue weighted by Gasteiger charge is 1.98. The molecule has 0 aromatic carbocycles. The predicted molar refractivity (Wildman–Crippen MR) is 46.4 cm³/mol. The maximum atomic E-state index is 8.08. The first-order valence-electron chi connectivity index (χ1n) is 3.53. The number of fused-ring (bicyclic) bond motifs is 2. The molecule has 0 amide bonds. The lowest BCUT2D eigenvalue weighted by molar-refractivity contribution is 0.0747. The maximum absolute atomic E-state index is 8.08. The Morgan fingerprint density at radius 1 is 1.17 bits per heavy atom. The number of rotatable bonds is 0. The van der Waals surface area contributed by atoms with Gasteiger partial charge in [0, 0.05) is 0 Å². The summed E-state index contributed by atoms with van der Waals surface area (Å²) in [5.74, 6) is -1.50. The fraction of sp³-hybridized carbons (Fsp3) is 0.250. The van der Waals surface area contributed by atoms with Gasteiger partial charge < -0.3 is 9.52 Å². The van der Waals surface area contributed by atoms with Crippen molar-refractivity contribution in [3.8, 4) is 0 Å². The topological polar surface area (TPSA) is 85.4 Å². The summed E-state index contributed by atoms with van der Waals surface area (Å²) in [4.78, 5) is 0. The van der Waals surface area contributed by atoms with Crippen molar-refractivity contribution in [2.45, 2.75) is 12.8 Å². The van der Waals surface area contributed by atoms with Crippen molar-refractivity contribution >= 4 is 11.2 Å². The van der Waals surface area contributed by atoms with Crippen molar-refractivity contribution in [2.75, 3.05) is 0 Å². The molecule has 4 nitrogen and oxygen atoms in total. The molecule has 2 aromatic rings. The van der Waals surface area contributed by atoms with E-state index in [0.29, 0.717) is 0 Å². The molecule has 0 fully saturated rings. The standard InChI is InChI=1S/C6H4O.C2H8N2O/c1-2-6-4-3-5(1)7-6;1-2(3,4)5/h1-4H;5H,3-4H2,1H3. The Morgan fingerprint density at radius 3 is 1.50 bits per heavy atom. The molecule has 5 N–H and O–H groups in total. The summed E-state index contributed by atoms with van der Waals surface area (Å²) in [7, 11) is 0. The van der Waals surface area contributed by atoms with E-state index in [9.17, 15) is 0 Å². The SMILES string of the molecule is CC(N)(N)O.c1cc2ccc1o2. The summed E-state index contributed by atoms with van der Waals surface area (Å²) < 4.78 is 5.08. The van der Waals surface area contributed by atoms with Gasteiger partial charge in [-0.25, -0.2) is 0 Å². The summed E-state index contributed by atoms with van der Waals surface area (Å²) in [6.45, 7) is 1.30. The van der Waals surface area contributed by atoms with Crippen molar-refractivity contribution < 1.29 is 9.52 Å². The second-order valence-corrected chi connectivity index (χ2v) is 2.80. The first-order valence-corrected chi connectivity index (χ1v) is 3.53. The third kappa shape index (κ3) is 3.34. The second-order valence-electron chi connectivity index (χ2n) is 2.80. The molecular weight excluding hydrogens is 156 g/mol. The number of aliphatic hydroxyl groups is 1. The molecule has 2 rings (SSSR count). The zero-order chi connectivity index (χ0) is 9.19. The fourth-order valence-corrected chi connectivity index (χ4v) is 0.712. The van der Waals surface area contributed by atoms with Gasteiger partial charge in [-0.3, -0.25) is 11.5 Å². The van der Waals surface area contributed by atoms with Crippen LogP contribution in [0.1, 0.15) is 6.92 Å². The summed E-state index contributed by atoms with van der Waals surface area (Å²) in [5.41, 5.74) is 11.3. The normalized spacial score (nSPS) is 11.3. The van der Waals surface area contributed by atoms with E-state index in [4.69, 9.17) is 9.52 Å². The number of benzene rings is 1. The van der Waals surface area contributed by atoms with Gasteiger partial charge in [-0.15, -0.1) is 0 Å². The van der Waals surface area contributed by atoms with Crippen LogP contribution in [0.2, 0.25) is 0 Å². The molecule has 0 aliphatic heterocycles. The minimum atomic E-state index is -1.50. The first kappa shape index (κ1) is 8.99. The summed E-state index contributed by atoms with van der Waals surface area (Å²) in [6, 6.07) is 7.81. The molecule has 0 saturated carbocycles. The number of furan rings is 2. The van der Waals surface area contributed by atoms with Crippen LogP contribution in [0.15, 0.2) is 28.7 Å². The molecule has 0 radical (unpaired) electrons. The van der Waals surface area contributed by atoms with E-state index in [-0.39, 0.29) is 0 Å². The Balaban J connectivity index is 0.000000130. The molecule has 0 saturated heterocycles. The van der Waals surface area contributed by atoms with E-state index in [1.165, 1.54) is 6.92 Å². The minimum Gasteiger partial charge on any atom is -0.457 e. The molecule has 0 unspecified atom stereocenters. The Hall–Kier alpha value is -1.10. The highest BCUT2D eigenvalue weighted by Crippen LogP contribution is 2.13. The Labute approximate surface area is 70.1 Å². The van der Waals surface area contributed by atoms with Crippen LogP contribution in [0.5, 0.6) is 0 Å². The monoisotopic (exact) mass is 168 g/mol. The van der Waals surface area contributed by atoms with Gasteiger partial charge in [-0.05, 0) is 31.2 Å². The summed E-state index contributed by atoms with van der Waals surface area (Å²) in [6.07, 6.45) is 0. The van der Waals surface area contributed by atoms with Crippen LogP contribution in [0, 0.1) is 0 Å². The van der Waals surface area contributed by atoms with E-state index in [1.807, 2.05) is 24.3 Å². The smallest absolute Gasteiger partial charge is 0.163 e. The molecule has 2 bridgehead atoms. The van der Waals surface area contributed by atoms with Gasteiger partial charge in [0.1, 0.15) is 11.2 Å². The molecule has 12 heavy (non-hydrogen) atoms. The van der Waals surface area contributed by atoms with Crippen LogP contribution < -0.4 is 11.5 Å². The van der Waals surface area contributed by atoms with Gasteiger partial charge in [-0.2, -0.15) is 0 Å². The van der Waals surface area contributed by atoms with Crippen molar-refractivity contribution in [3.63, 3.8) is 0 Å². The van der Waals surface area contributed by atoms with Crippen LogP contribution in [-0.4, -0.2) is 11.0 Å². The first-order chi connectivity index (χ1) is 5.45. The minimum absolute atomic E-state index is 0.968. The van der Waals surface area contributed by atoms with Crippen molar-refractivity contribution in [1.82, 2.24) is 0 Å². The lowest BCUT2D eigenvalue weighted by atomic mass is 10.4. The Morgan fingerprint density at radius 2 is 1.42 bits per heavy atom. The molecule has 0 aliphatic rings. The highest BCUT2D eigenvalue weighted by atomic mass is 16.3. The molecule has 2 heterocycles. The van der Waals surface area contributed by atoms with Gasteiger partial charge in [0.15, 0.2) is 5.85 Å². The average molecular weight is 168 g/mol. The zero-order valence-corrected chi connectivity index (χ0v) is 6.82.